The fraction of sp³-hybridized carbons (Fsp3) is 0.516. The first kappa shape index (κ1) is 26.9. The Bertz CT molecular complexity index is 1080. The van der Waals surface area contributed by atoms with Gasteiger partial charge in [-0.05, 0) is 76.0 Å². The van der Waals surface area contributed by atoms with Crippen molar-refractivity contribution in [2.45, 2.75) is 77.7 Å². The smallest absolute Gasteiger partial charge is 0.308 e. The minimum atomic E-state index is -0.648. The zero-order valence-electron chi connectivity index (χ0n) is 22.2. The lowest BCUT2D eigenvalue weighted by molar-refractivity contribution is -0.150. The minimum Gasteiger partial charge on any atom is -0.466 e. The topological polar surface area (TPSA) is 75.7 Å². The van der Waals surface area contributed by atoms with E-state index in [1.54, 1.807) is 4.90 Å². The summed E-state index contributed by atoms with van der Waals surface area (Å²) in [7, 11) is 0. The Morgan fingerprint density at radius 3 is 2.46 bits per heavy atom. The molecule has 4 rings (SSSR count). The molecule has 2 aliphatic rings. The number of para-hydroxylation sites is 1. The van der Waals surface area contributed by atoms with Crippen LogP contribution in [0.2, 0.25) is 0 Å². The summed E-state index contributed by atoms with van der Waals surface area (Å²) in [5.41, 5.74) is 2.59. The Balaban J connectivity index is 1.51. The van der Waals surface area contributed by atoms with E-state index in [1.807, 2.05) is 50.2 Å². The van der Waals surface area contributed by atoms with Crippen LogP contribution in [0.3, 0.4) is 0 Å². The van der Waals surface area contributed by atoms with Gasteiger partial charge in [0.2, 0.25) is 11.8 Å². The largest absolute Gasteiger partial charge is 0.466 e. The second-order valence-corrected chi connectivity index (χ2v) is 10.4. The molecule has 0 spiro atoms. The first-order chi connectivity index (χ1) is 18.0. The van der Waals surface area contributed by atoms with Crippen molar-refractivity contribution < 1.29 is 19.1 Å². The number of benzene rings is 2. The number of nitrogens with zero attached hydrogens (tertiary/aromatic N) is 1. The molecule has 1 aliphatic carbocycles. The van der Waals surface area contributed by atoms with Crippen LogP contribution >= 0.6 is 0 Å². The lowest BCUT2D eigenvalue weighted by atomic mass is 9.75. The van der Waals surface area contributed by atoms with Crippen LogP contribution in [-0.4, -0.2) is 37.0 Å². The molecular weight excluding hydrogens is 464 g/mol. The number of rotatable bonds is 10. The van der Waals surface area contributed by atoms with Crippen LogP contribution in [0.4, 0.5) is 5.69 Å². The van der Waals surface area contributed by atoms with E-state index >= 15 is 0 Å². The maximum atomic E-state index is 13.9. The van der Waals surface area contributed by atoms with Crippen LogP contribution in [0.5, 0.6) is 0 Å². The van der Waals surface area contributed by atoms with E-state index in [2.05, 4.69) is 23.5 Å². The number of amides is 2. The Labute approximate surface area is 220 Å². The molecule has 0 radical (unpaired) electrons. The fourth-order valence-corrected chi connectivity index (χ4v) is 6.08. The zero-order chi connectivity index (χ0) is 26.3. The SMILES string of the molecule is CCOC(=O)[C@H](CCc1ccccc1)CC1(C(=O)N[C@H]2CCc3ccccc3N(CC)C2=O)CCCC1. The third-order valence-electron chi connectivity index (χ3n) is 8.09. The summed E-state index contributed by atoms with van der Waals surface area (Å²) < 4.78 is 5.44. The van der Waals surface area contributed by atoms with Crippen molar-refractivity contribution in [1.29, 1.82) is 0 Å². The van der Waals surface area contributed by atoms with Crippen LogP contribution in [-0.2, 0) is 32.0 Å². The number of ether oxygens (including phenoxy) is 1. The maximum absolute atomic E-state index is 13.9. The van der Waals surface area contributed by atoms with Crippen molar-refractivity contribution >= 4 is 23.5 Å². The Morgan fingerprint density at radius 2 is 1.76 bits per heavy atom. The molecular formula is C31H40N2O4. The lowest BCUT2D eigenvalue weighted by Crippen LogP contribution is -2.52. The molecule has 2 aromatic carbocycles. The molecule has 6 nitrogen and oxygen atoms in total. The second-order valence-electron chi connectivity index (χ2n) is 10.4. The summed E-state index contributed by atoms with van der Waals surface area (Å²) in [4.78, 5) is 42.2. The van der Waals surface area contributed by atoms with Crippen LogP contribution < -0.4 is 10.2 Å². The van der Waals surface area contributed by atoms with Crippen LogP contribution in [0.1, 0.15) is 69.9 Å². The molecule has 2 atom stereocenters. The molecule has 1 heterocycles. The van der Waals surface area contributed by atoms with Crippen molar-refractivity contribution in [2.75, 3.05) is 18.1 Å². The van der Waals surface area contributed by atoms with E-state index < -0.39 is 11.5 Å². The average molecular weight is 505 g/mol. The highest BCUT2D eigenvalue weighted by atomic mass is 16.5. The summed E-state index contributed by atoms with van der Waals surface area (Å²) in [5, 5.41) is 3.16. The Hall–Kier alpha value is -3.15. The van der Waals surface area contributed by atoms with Crippen molar-refractivity contribution in [3.63, 3.8) is 0 Å². The highest BCUT2D eigenvalue weighted by Crippen LogP contribution is 2.45. The quantitative estimate of drug-likeness (QED) is 0.450. The predicted octanol–water partition coefficient (Wildman–Crippen LogP) is 5.23. The molecule has 1 fully saturated rings. The third-order valence-corrected chi connectivity index (χ3v) is 8.09. The number of anilines is 1. The number of aryl methyl sites for hydroxylation is 2. The number of carbonyl (C=O) groups excluding carboxylic acids is 3. The predicted molar refractivity (Wildman–Crippen MR) is 145 cm³/mol. The van der Waals surface area contributed by atoms with Crippen molar-refractivity contribution in [2.24, 2.45) is 11.3 Å². The van der Waals surface area contributed by atoms with E-state index in [9.17, 15) is 14.4 Å². The Morgan fingerprint density at radius 1 is 1.05 bits per heavy atom. The molecule has 6 heteroatoms. The van der Waals surface area contributed by atoms with Gasteiger partial charge in [0, 0.05) is 12.2 Å². The minimum absolute atomic E-state index is 0.0556. The van der Waals surface area contributed by atoms with Crippen molar-refractivity contribution in [3.05, 3.63) is 65.7 Å². The summed E-state index contributed by atoms with van der Waals surface area (Å²) in [6.45, 7) is 4.66. The average Bonchev–Trinajstić information content (AvgIpc) is 3.35. The molecule has 0 unspecified atom stereocenters. The highest BCUT2D eigenvalue weighted by Gasteiger charge is 2.45. The molecule has 1 saturated carbocycles. The van der Waals surface area contributed by atoms with Crippen molar-refractivity contribution in [1.82, 2.24) is 5.32 Å². The molecule has 198 valence electrons. The maximum Gasteiger partial charge on any atom is 0.308 e. The number of fused-ring (bicyclic) bond motifs is 1. The number of nitrogens with one attached hydrogen (secondary N) is 1. The summed E-state index contributed by atoms with van der Waals surface area (Å²) in [6, 6.07) is 17.5. The molecule has 1 aliphatic heterocycles. The molecule has 1 N–H and O–H groups in total. The van der Waals surface area contributed by atoms with Gasteiger partial charge in [0.15, 0.2) is 0 Å². The summed E-state index contributed by atoms with van der Waals surface area (Å²) in [5.74, 6) is -0.722. The van der Waals surface area contributed by atoms with E-state index in [4.69, 9.17) is 4.74 Å². The third kappa shape index (κ3) is 6.23. The number of carbonyl (C=O) groups is 3. The van der Waals surface area contributed by atoms with Gasteiger partial charge in [-0.2, -0.15) is 0 Å². The monoisotopic (exact) mass is 504 g/mol. The van der Waals surface area contributed by atoms with Gasteiger partial charge in [-0.3, -0.25) is 14.4 Å². The second kappa shape index (κ2) is 12.4. The van der Waals surface area contributed by atoms with E-state index in [0.29, 0.717) is 32.4 Å². The molecule has 2 aromatic rings. The van der Waals surface area contributed by atoms with E-state index in [1.165, 1.54) is 5.56 Å². The number of esters is 1. The highest BCUT2D eigenvalue weighted by molar-refractivity contribution is 6.01. The van der Waals surface area contributed by atoms with E-state index in [-0.39, 0.29) is 23.7 Å². The zero-order valence-corrected chi connectivity index (χ0v) is 22.2. The van der Waals surface area contributed by atoms with Crippen LogP contribution in [0.25, 0.3) is 0 Å². The molecule has 0 saturated heterocycles. The fourth-order valence-electron chi connectivity index (χ4n) is 6.08. The number of likely N-dealkylation sites (N-methyl/N-ethyl adjacent to an activating group) is 1. The number of hydrogen-bond donors (Lipinski definition) is 1. The lowest BCUT2D eigenvalue weighted by Gasteiger charge is -2.33. The first-order valence-electron chi connectivity index (χ1n) is 13.9. The molecule has 0 aromatic heterocycles. The molecule has 2 amide bonds. The van der Waals surface area contributed by atoms with E-state index in [0.717, 1.165) is 49.8 Å². The van der Waals surface area contributed by atoms with Gasteiger partial charge in [0.25, 0.3) is 0 Å². The number of hydrogen-bond acceptors (Lipinski definition) is 4. The molecule has 37 heavy (non-hydrogen) atoms. The van der Waals surface area contributed by atoms with Gasteiger partial charge in [-0.15, -0.1) is 0 Å². The van der Waals surface area contributed by atoms with Gasteiger partial charge < -0.3 is 15.0 Å². The van der Waals surface area contributed by atoms with Gasteiger partial charge in [-0.1, -0.05) is 61.4 Å². The molecule has 0 bridgehead atoms. The summed E-state index contributed by atoms with van der Waals surface area (Å²) >= 11 is 0. The van der Waals surface area contributed by atoms with Gasteiger partial charge in [-0.25, -0.2) is 0 Å². The van der Waals surface area contributed by atoms with Crippen LogP contribution in [0, 0.1) is 11.3 Å². The van der Waals surface area contributed by atoms with Crippen molar-refractivity contribution in [3.8, 4) is 0 Å². The van der Waals surface area contributed by atoms with Gasteiger partial charge in [0.1, 0.15) is 6.04 Å². The first-order valence-corrected chi connectivity index (χ1v) is 13.9. The standard InChI is InChI=1S/C31H40N2O4/c1-3-33-27-15-9-8-14-24(27)18-19-26(28(33)34)32-30(36)31(20-10-11-21-31)22-25(29(35)37-4-2)17-16-23-12-6-5-7-13-23/h5-9,12-15,25-26H,3-4,10-11,16-22H2,1-2H3,(H,32,36)/t25-,26+/m1/s1. The summed E-state index contributed by atoms with van der Waals surface area (Å²) in [6.07, 6.45) is 6.54. The van der Waals surface area contributed by atoms with Gasteiger partial charge in [0.05, 0.1) is 17.9 Å². The van der Waals surface area contributed by atoms with Crippen LogP contribution in [0.15, 0.2) is 54.6 Å². The van der Waals surface area contributed by atoms with Gasteiger partial charge >= 0.3 is 5.97 Å². The Kier molecular flexibility index (Phi) is 9.01. The normalized spacial score (nSPS) is 19.6.